The average molecular weight is 193 g/mol. The van der Waals surface area contributed by atoms with Crippen molar-refractivity contribution in [2.24, 2.45) is 11.3 Å². The van der Waals surface area contributed by atoms with Gasteiger partial charge < -0.3 is 0 Å². The van der Waals surface area contributed by atoms with Gasteiger partial charge >= 0.3 is 0 Å². The maximum Gasteiger partial charge on any atom is 0.0512 e. The van der Waals surface area contributed by atoms with Crippen molar-refractivity contribution in [1.82, 2.24) is 10.4 Å². The number of hydrogen-bond donors (Lipinski definition) is 2. The fourth-order valence-electron chi connectivity index (χ4n) is 1.61. The average Bonchev–Trinajstić information content (AvgIpc) is 2.07. The second kappa shape index (κ2) is 4.07. The van der Waals surface area contributed by atoms with E-state index in [9.17, 15) is 0 Å². The Morgan fingerprint density at radius 3 is 2.50 bits per heavy atom. The molecule has 0 aliphatic carbocycles. The minimum atomic E-state index is 0.0981. The van der Waals surface area contributed by atoms with E-state index in [0.717, 1.165) is 0 Å². The van der Waals surface area contributed by atoms with Crippen molar-refractivity contribution in [2.75, 3.05) is 0 Å². The molecule has 0 aliphatic rings. The van der Waals surface area contributed by atoms with Crippen molar-refractivity contribution >= 4 is 0 Å². The first-order valence-electron chi connectivity index (χ1n) is 4.83. The van der Waals surface area contributed by atoms with E-state index < -0.39 is 0 Å². The van der Waals surface area contributed by atoms with Gasteiger partial charge in [0.25, 0.3) is 0 Å². The Hall–Kier alpha value is -0.930. The number of hydrazine groups is 1. The Bertz CT molecular complexity index is 302. The smallest absolute Gasteiger partial charge is 0.0512 e. The number of rotatable bonds is 2. The van der Waals surface area contributed by atoms with E-state index in [1.54, 1.807) is 6.20 Å². The minimum absolute atomic E-state index is 0.0981. The summed E-state index contributed by atoms with van der Waals surface area (Å²) in [5, 5.41) is 0. The molecular formula is C11H19N3. The van der Waals surface area contributed by atoms with Crippen LogP contribution in [0.15, 0.2) is 18.5 Å². The lowest BCUT2D eigenvalue weighted by molar-refractivity contribution is 0.274. The monoisotopic (exact) mass is 193 g/mol. The lowest BCUT2D eigenvalue weighted by atomic mass is 9.82. The molecule has 3 N–H and O–H groups in total. The maximum absolute atomic E-state index is 5.59. The van der Waals surface area contributed by atoms with Crippen LogP contribution >= 0.6 is 0 Å². The predicted octanol–water partition coefficient (Wildman–Crippen LogP) is 1.94. The number of nitrogens with two attached hydrogens (primary N) is 1. The van der Waals surface area contributed by atoms with Crippen LogP contribution in [0, 0.1) is 12.3 Å². The van der Waals surface area contributed by atoms with Gasteiger partial charge in [-0.2, -0.15) is 0 Å². The van der Waals surface area contributed by atoms with Crippen LogP contribution in [-0.2, 0) is 0 Å². The third-order valence-corrected chi connectivity index (χ3v) is 2.41. The first kappa shape index (κ1) is 11.1. The maximum atomic E-state index is 5.59. The molecule has 0 saturated carbocycles. The Morgan fingerprint density at radius 1 is 1.43 bits per heavy atom. The molecule has 1 aromatic rings. The lowest BCUT2D eigenvalue weighted by Gasteiger charge is -2.31. The molecule has 0 saturated heterocycles. The minimum Gasteiger partial charge on any atom is -0.271 e. The molecule has 14 heavy (non-hydrogen) atoms. The van der Waals surface area contributed by atoms with Gasteiger partial charge in [0, 0.05) is 12.4 Å². The van der Waals surface area contributed by atoms with Crippen LogP contribution in [0.5, 0.6) is 0 Å². The molecular weight excluding hydrogens is 174 g/mol. The molecule has 0 bridgehead atoms. The van der Waals surface area contributed by atoms with Crippen LogP contribution < -0.4 is 11.3 Å². The standard InChI is InChI=1S/C11H19N3/c1-8-7-13-6-5-9(8)10(14-12)11(2,3)4/h5-7,10,14H,12H2,1-4H3. The molecule has 1 aromatic heterocycles. The Balaban J connectivity index is 3.08. The van der Waals surface area contributed by atoms with Crippen molar-refractivity contribution in [3.8, 4) is 0 Å². The van der Waals surface area contributed by atoms with E-state index >= 15 is 0 Å². The highest BCUT2D eigenvalue weighted by molar-refractivity contribution is 5.26. The SMILES string of the molecule is Cc1cnccc1C(NN)C(C)(C)C. The van der Waals surface area contributed by atoms with Crippen LogP contribution in [0.4, 0.5) is 0 Å². The third-order valence-electron chi connectivity index (χ3n) is 2.41. The molecule has 0 aliphatic heterocycles. The van der Waals surface area contributed by atoms with Crippen molar-refractivity contribution in [2.45, 2.75) is 33.7 Å². The highest BCUT2D eigenvalue weighted by Gasteiger charge is 2.25. The molecule has 1 heterocycles. The number of aryl methyl sites for hydroxylation is 1. The lowest BCUT2D eigenvalue weighted by Crippen LogP contribution is -2.37. The van der Waals surface area contributed by atoms with Crippen LogP contribution in [0.3, 0.4) is 0 Å². The van der Waals surface area contributed by atoms with E-state index in [4.69, 9.17) is 5.84 Å². The molecule has 0 aromatic carbocycles. The summed E-state index contributed by atoms with van der Waals surface area (Å²) in [4.78, 5) is 4.08. The Morgan fingerprint density at radius 2 is 2.07 bits per heavy atom. The van der Waals surface area contributed by atoms with Crippen LogP contribution in [0.2, 0.25) is 0 Å². The van der Waals surface area contributed by atoms with Crippen LogP contribution in [-0.4, -0.2) is 4.98 Å². The molecule has 3 nitrogen and oxygen atoms in total. The fraction of sp³-hybridized carbons (Fsp3) is 0.545. The van der Waals surface area contributed by atoms with Gasteiger partial charge in [-0.1, -0.05) is 20.8 Å². The number of aromatic nitrogens is 1. The number of nitrogens with one attached hydrogen (secondary N) is 1. The second-order valence-electron chi connectivity index (χ2n) is 4.70. The molecule has 3 heteroatoms. The summed E-state index contributed by atoms with van der Waals surface area (Å²) in [6.45, 7) is 8.55. The number of pyridine rings is 1. The van der Waals surface area contributed by atoms with Gasteiger partial charge in [0.1, 0.15) is 0 Å². The quantitative estimate of drug-likeness (QED) is 0.557. The first-order chi connectivity index (χ1) is 6.46. The highest BCUT2D eigenvalue weighted by atomic mass is 15.2. The zero-order chi connectivity index (χ0) is 10.8. The van der Waals surface area contributed by atoms with Gasteiger partial charge in [0.15, 0.2) is 0 Å². The van der Waals surface area contributed by atoms with E-state index in [0.29, 0.717) is 0 Å². The second-order valence-corrected chi connectivity index (χ2v) is 4.70. The van der Waals surface area contributed by atoms with Crippen molar-refractivity contribution in [3.63, 3.8) is 0 Å². The molecule has 1 unspecified atom stereocenters. The summed E-state index contributed by atoms with van der Waals surface area (Å²) >= 11 is 0. The molecule has 1 atom stereocenters. The number of hydrogen-bond acceptors (Lipinski definition) is 3. The summed E-state index contributed by atoms with van der Waals surface area (Å²) < 4.78 is 0. The fourth-order valence-corrected chi connectivity index (χ4v) is 1.61. The van der Waals surface area contributed by atoms with E-state index in [-0.39, 0.29) is 11.5 Å². The molecule has 78 valence electrons. The summed E-state index contributed by atoms with van der Waals surface area (Å²) in [6, 6.07) is 2.18. The Labute approximate surface area is 85.7 Å². The van der Waals surface area contributed by atoms with E-state index in [1.807, 2.05) is 12.3 Å². The predicted molar refractivity (Wildman–Crippen MR) is 58.5 cm³/mol. The van der Waals surface area contributed by atoms with Gasteiger partial charge in [-0.25, -0.2) is 0 Å². The van der Waals surface area contributed by atoms with Gasteiger partial charge in [0.2, 0.25) is 0 Å². The summed E-state index contributed by atoms with van der Waals surface area (Å²) in [7, 11) is 0. The zero-order valence-corrected chi connectivity index (χ0v) is 9.33. The summed E-state index contributed by atoms with van der Waals surface area (Å²) in [6.07, 6.45) is 3.67. The molecule has 1 rings (SSSR count). The van der Waals surface area contributed by atoms with Crippen LogP contribution in [0.25, 0.3) is 0 Å². The van der Waals surface area contributed by atoms with Gasteiger partial charge in [0.05, 0.1) is 6.04 Å². The zero-order valence-electron chi connectivity index (χ0n) is 9.33. The van der Waals surface area contributed by atoms with Gasteiger partial charge in [-0.15, -0.1) is 0 Å². The summed E-state index contributed by atoms with van der Waals surface area (Å²) in [5.74, 6) is 5.59. The number of nitrogens with zero attached hydrogens (tertiary/aromatic N) is 1. The van der Waals surface area contributed by atoms with Gasteiger partial charge in [-0.05, 0) is 29.5 Å². The Kier molecular flexibility index (Phi) is 3.24. The van der Waals surface area contributed by atoms with E-state index in [2.05, 4.69) is 38.1 Å². The highest BCUT2D eigenvalue weighted by Crippen LogP contribution is 2.32. The van der Waals surface area contributed by atoms with Crippen LogP contribution in [0.1, 0.15) is 37.9 Å². The van der Waals surface area contributed by atoms with Crippen molar-refractivity contribution in [1.29, 1.82) is 0 Å². The molecule has 0 amide bonds. The third kappa shape index (κ3) is 2.30. The van der Waals surface area contributed by atoms with E-state index in [1.165, 1.54) is 11.1 Å². The molecule has 0 spiro atoms. The largest absolute Gasteiger partial charge is 0.271 e. The topological polar surface area (TPSA) is 50.9 Å². The van der Waals surface area contributed by atoms with Gasteiger partial charge in [-0.3, -0.25) is 16.3 Å². The first-order valence-corrected chi connectivity index (χ1v) is 4.83. The molecule has 0 radical (unpaired) electrons. The molecule has 0 fully saturated rings. The summed E-state index contributed by atoms with van der Waals surface area (Å²) in [5.41, 5.74) is 5.36. The van der Waals surface area contributed by atoms with Crippen molar-refractivity contribution in [3.05, 3.63) is 29.6 Å². The normalized spacial score (nSPS) is 14.1. The van der Waals surface area contributed by atoms with Crippen molar-refractivity contribution < 1.29 is 0 Å².